The van der Waals surface area contributed by atoms with Gasteiger partial charge in [0.2, 0.25) is 0 Å². The van der Waals surface area contributed by atoms with Gasteiger partial charge in [-0.15, -0.1) is 0 Å². The molecule has 2 unspecified atom stereocenters. The fourth-order valence-electron chi connectivity index (χ4n) is 4.02. The first kappa shape index (κ1) is 21.0. The number of aliphatic carboxylic acids is 1. The fraction of sp³-hybridized carbons (Fsp3) is 0.435. The summed E-state index contributed by atoms with van der Waals surface area (Å²) >= 11 is 0. The maximum atomic E-state index is 11.9. The van der Waals surface area contributed by atoms with Crippen LogP contribution < -0.4 is 14.4 Å². The Labute approximate surface area is 172 Å². The third-order valence-corrected chi connectivity index (χ3v) is 5.44. The van der Waals surface area contributed by atoms with Crippen LogP contribution in [0.5, 0.6) is 11.5 Å². The molecule has 0 aliphatic carbocycles. The first-order valence-corrected chi connectivity index (χ1v) is 10.0. The van der Waals surface area contributed by atoms with Crippen molar-refractivity contribution in [1.82, 2.24) is 4.90 Å². The van der Waals surface area contributed by atoms with Crippen molar-refractivity contribution in [2.75, 3.05) is 39.3 Å². The van der Waals surface area contributed by atoms with E-state index in [1.807, 2.05) is 39.2 Å². The minimum Gasteiger partial charge on any atom is -0.493 e. The second-order valence-corrected chi connectivity index (χ2v) is 7.47. The average molecular weight is 399 g/mol. The Balaban J connectivity index is 2.06. The Morgan fingerprint density at radius 1 is 1.17 bits per heavy atom. The molecule has 0 bridgehead atoms. The van der Waals surface area contributed by atoms with Crippen LogP contribution >= 0.6 is 0 Å². The van der Waals surface area contributed by atoms with E-state index in [2.05, 4.69) is 34.1 Å². The molecule has 2 aromatic rings. The summed E-state index contributed by atoms with van der Waals surface area (Å²) in [5, 5.41) is 9.77. The molecular weight excluding hydrogens is 368 g/mol. The van der Waals surface area contributed by atoms with E-state index in [1.165, 1.54) is 0 Å². The van der Waals surface area contributed by atoms with E-state index in [0.29, 0.717) is 24.5 Å². The van der Waals surface area contributed by atoms with Gasteiger partial charge in [0, 0.05) is 26.3 Å². The molecule has 0 amide bonds. The molecule has 0 saturated carbocycles. The number of carboxylic acid groups (broad SMARTS) is 1. The number of hydrogen-bond acceptors (Lipinski definition) is 5. The Morgan fingerprint density at radius 2 is 1.86 bits per heavy atom. The average Bonchev–Trinajstić information content (AvgIpc) is 3.19. The summed E-state index contributed by atoms with van der Waals surface area (Å²) in [6.45, 7) is 3.23. The number of anilines is 1. The molecule has 6 heteroatoms. The summed E-state index contributed by atoms with van der Waals surface area (Å²) in [4.78, 5) is 16.0. The maximum absolute atomic E-state index is 11.9. The molecule has 0 aromatic heterocycles. The smallest absolute Gasteiger partial charge is 0.320 e. The van der Waals surface area contributed by atoms with Gasteiger partial charge in [-0.05, 0) is 55.2 Å². The van der Waals surface area contributed by atoms with Gasteiger partial charge < -0.3 is 19.5 Å². The van der Waals surface area contributed by atoms with Crippen LogP contribution in [0.2, 0.25) is 0 Å². The van der Waals surface area contributed by atoms with Gasteiger partial charge in [-0.1, -0.05) is 18.2 Å². The van der Waals surface area contributed by atoms with Gasteiger partial charge >= 0.3 is 5.97 Å². The van der Waals surface area contributed by atoms with Crippen molar-refractivity contribution in [3.8, 4) is 11.5 Å². The second-order valence-electron chi connectivity index (χ2n) is 7.47. The van der Waals surface area contributed by atoms with Crippen LogP contribution in [0, 0.1) is 0 Å². The lowest BCUT2D eigenvalue weighted by atomic mass is 9.95. The quantitative estimate of drug-likeness (QED) is 0.730. The van der Waals surface area contributed by atoms with Crippen LogP contribution in [0.15, 0.2) is 42.5 Å². The van der Waals surface area contributed by atoms with Gasteiger partial charge in [0.05, 0.1) is 19.8 Å². The normalized spacial score (nSPS) is 17.7. The zero-order valence-electron chi connectivity index (χ0n) is 17.6. The van der Waals surface area contributed by atoms with Crippen molar-refractivity contribution >= 4 is 11.7 Å². The molecule has 1 fully saturated rings. The topological polar surface area (TPSA) is 62.2 Å². The number of nitrogens with zero attached hydrogens (tertiary/aromatic N) is 2. The molecule has 1 N–H and O–H groups in total. The summed E-state index contributed by atoms with van der Waals surface area (Å²) < 4.78 is 11.2. The summed E-state index contributed by atoms with van der Waals surface area (Å²) in [7, 11) is 5.63. The zero-order valence-corrected chi connectivity index (χ0v) is 17.6. The number of carboxylic acids is 1. The Hall–Kier alpha value is -2.73. The summed E-state index contributed by atoms with van der Waals surface area (Å²) in [6.07, 6.45) is 1.53. The Kier molecular flexibility index (Phi) is 6.64. The first-order valence-electron chi connectivity index (χ1n) is 10.0. The molecule has 6 nitrogen and oxygen atoms in total. The molecule has 29 heavy (non-hydrogen) atoms. The molecule has 1 heterocycles. The highest BCUT2D eigenvalue weighted by Crippen LogP contribution is 2.39. The largest absolute Gasteiger partial charge is 0.493 e. The lowest BCUT2D eigenvalue weighted by molar-refractivity contribution is -0.142. The number of likely N-dealkylation sites (tertiary alicyclic amines) is 1. The van der Waals surface area contributed by atoms with E-state index >= 15 is 0 Å². The number of carbonyl (C=O) groups is 1. The third-order valence-electron chi connectivity index (χ3n) is 5.44. The number of hydrogen-bond donors (Lipinski definition) is 1. The zero-order chi connectivity index (χ0) is 21.0. The van der Waals surface area contributed by atoms with Crippen LogP contribution in [0.3, 0.4) is 0 Å². The minimum absolute atomic E-state index is 0.167. The Bertz CT molecular complexity index is 835. The van der Waals surface area contributed by atoms with Gasteiger partial charge in [0.1, 0.15) is 6.04 Å². The fourth-order valence-corrected chi connectivity index (χ4v) is 4.02. The van der Waals surface area contributed by atoms with Crippen LogP contribution in [0.25, 0.3) is 0 Å². The summed E-state index contributed by atoms with van der Waals surface area (Å²) in [6, 6.07) is 13.5. The van der Waals surface area contributed by atoms with E-state index in [4.69, 9.17) is 9.47 Å². The van der Waals surface area contributed by atoms with Crippen molar-refractivity contribution in [2.24, 2.45) is 0 Å². The molecule has 2 atom stereocenters. The molecule has 1 aliphatic rings. The monoisotopic (exact) mass is 398 g/mol. The molecule has 0 radical (unpaired) electrons. The van der Waals surface area contributed by atoms with Crippen molar-refractivity contribution in [1.29, 1.82) is 0 Å². The van der Waals surface area contributed by atoms with Gasteiger partial charge in [0.25, 0.3) is 0 Å². The van der Waals surface area contributed by atoms with Gasteiger partial charge in [0.15, 0.2) is 11.5 Å². The van der Waals surface area contributed by atoms with E-state index < -0.39 is 12.0 Å². The van der Waals surface area contributed by atoms with Crippen LogP contribution in [-0.4, -0.2) is 56.4 Å². The highest BCUT2D eigenvalue weighted by Gasteiger charge is 2.37. The van der Waals surface area contributed by atoms with Gasteiger partial charge in [-0.25, -0.2) is 0 Å². The predicted octanol–water partition coefficient (Wildman–Crippen LogP) is 3.80. The van der Waals surface area contributed by atoms with E-state index in [0.717, 1.165) is 29.8 Å². The molecular formula is C23H30N2O4. The van der Waals surface area contributed by atoms with Gasteiger partial charge in [-0.2, -0.15) is 0 Å². The van der Waals surface area contributed by atoms with Crippen molar-refractivity contribution in [2.45, 2.75) is 31.8 Å². The first-order chi connectivity index (χ1) is 14.0. The SMILES string of the molecule is CCOc1ccc(C(c2ccc(N(C)C)cc2)N2CCCC2C(=O)O)cc1OC. The molecule has 1 aliphatic heterocycles. The van der Waals surface area contributed by atoms with E-state index in [1.54, 1.807) is 7.11 Å². The van der Waals surface area contributed by atoms with Crippen molar-refractivity contribution in [3.63, 3.8) is 0 Å². The maximum Gasteiger partial charge on any atom is 0.320 e. The van der Waals surface area contributed by atoms with Crippen LogP contribution in [-0.2, 0) is 4.79 Å². The van der Waals surface area contributed by atoms with Crippen LogP contribution in [0.4, 0.5) is 5.69 Å². The molecule has 1 saturated heterocycles. The Morgan fingerprint density at radius 3 is 2.45 bits per heavy atom. The predicted molar refractivity (Wildman–Crippen MR) is 114 cm³/mol. The molecule has 3 rings (SSSR count). The molecule has 156 valence electrons. The number of ether oxygens (including phenoxy) is 2. The van der Waals surface area contributed by atoms with Crippen LogP contribution in [0.1, 0.15) is 36.9 Å². The standard InChI is InChI=1S/C23H30N2O4/c1-5-29-20-13-10-17(15-21(20)28-4)22(25-14-6-7-19(25)23(26)27)16-8-11-18(12-9-16)24(2)3/h8-13,15,19,22H,5-7,14H2,1-4H3,(H,26,27). The molecule has 2 aromatic carbocycles. The number of methoxy groups -OCH3 is 1. The van der Waals surface area contributed by atoms with E-state index in [9.17, 15) is 9.90 Å². The van der Waals surface area contributed by atoms with Crippen molar-refractivity contribution in [3.05, 3.63) is 53.6 Å². The summed E-state index contributed by atoms with van der Waals surface area (Å²) in [5.74, 6) is 0.581. The minimum atomic E-state index is -0.768. The lowest BCUT2D eigenvalue weighted by Gasteiger charge is -2.32. The molecule has 0 spiro atoms. The number of rotatable bonds is 8. The van der Waals surface area contributed by atoms with Gasteiger partial charge in [-0.3, -0.25) is 9.69 Å². The second kappa shape index (κ2) is 9.18. The summed E-state index contributed by atoms with van der Waals surface area (Å²) in [5.41, 5.74) is 3.17. The highest BCUT2D eigenvalue weighted by atomic mass is 16.5. The lowest BCUT2D eigenvalue weighted by Crippen LogP contribution is -2.39. The van der Waals surface area contributed by atoms with E-state index in [-0.39, 0.29) is 6.04 Å². The highest BCUT2D eigenvalue weighted by molar-refractivity contribution is 5.74. The third kappa shape index (κ3) is 4.48. The van der Waals surface area contributed by atoms with Crippen molar-refractivity contribution < 1.29 is 19.4 Å². The number of benzene rings is 2.